The Hall–Kier alpha value is -0.710. The molecule has 2 N–H and O–H groups in total. The molecule has 0 bridgehead atoms. The molecule has 0 aliphatic heterocycles. The van der Waals surface area contributed by atoms with Crippen LogP contribution in [0.25, 0.3) is 0 Å². The molecule has 4 nitrogen and oxygen atoms in total. The molecule has 0 aromatic carbocycles. The maximum atomic E-state index is 12.0. The van der Waals surface area contributed by atoms with Gasteiger partial charge in [0, 0.05) is 18.2 Å². The summed E-state index contributed by atoms with van der Waals surface area (Å²) < 4.78 is 0. The second-order valence-electron chi connectivity index (χ2n) is 7.34. The van der Waals surface area contributed by atoms with Gasteiger partial charge in [-0.15, -0.1) is 0 Å². The van der Waals surface area contributed by atoms with Gasteiger partial charge in [0.2, 0.25) is 5.91 Å². The standard InChI is InChI=1S/C21H41NO3S/c1-2-3-4-5-6-7-8-9-10-11-12-13-14-15-19(18-20(23)24)21(25)22-16-17-26/h19,26H,2-18H2,1H3,(H,22,25)(H,23,24). The number of hydrogen-bond acceptors (Lipinski definition) is 3. The molecule has 0 radical (unpaired) electrons. The van der Waals surface area contributed by atoms with Crippen LogP contribution in [0, 0.1) is 5.92 Å². The molecule has 0 heterocycles. The molecule has 5 heteroatoms. The first-order valence-electron chi connectivity index (χ1n) is 10.7. The molecule has 154 valence electrons. The average Bonchev–Trinajstić information content (AvgIpc) is 2.62. The zero-order valence-electron chi connectivity index (χ0n) is 16.8. The Labute approximate surface area is 166 Å². The van der Waals surface area contributed by atoms with Crippen molar-refractivity contribution in [1.29, 1.82) is 0 Å². The molecule has 0 aliphatic rings. The lowest BCUT2D eigenvalue weighted by Gasteiger charge is -2.14. The highest BCUT2D eigenvalue weighted by Gasteiger charge is 2.20. The molecule has 0 aliphatic carbocycles. The maximum absolute atomic E-state index is 12.0. The van der Waals surface area contributed by atoms with Crippen LogP contribution >= 0.6 is 12.6 Å². The van der Waals surface area contributed by atoms with E-state index in [9.17, 15) is 9.59 Å². The Morgan fingerprint density at radius 3 is 1.73 bits per heavy atom. The number of amides is 1. The summed E-state index contributed by atoms with van der Waals surface area (Å²) in [6.45, 7) is 2.75. The molecule has 0 saturated carbocycles. The highest BCUT2D eigenvalue weighted by Crippen LogP contribution is 2.17. The first kappa shape index (κ1) is 25.3. The van der Waals surface area contributed by atoms with Crippen LogP contribution in [0.3, 0.4) is 0 Å². The lowest BCUT2D eigenvalue weighted by molar-refractivity contribution is -0.141. The Balaban J connectivity index is 3.57. The second-order valence-corrected chi connectivity index (χ2v) is 7.79. The minimum atomic E-state index is -0.897. The number of carboxylic acids is 1. The third-order valence-corrected chi connectivity index (χ3v) is 5.08. The van der Waals surface area contributed by atoms with Crippen LogP contribution in [-0.4, -0.2) is 29.3 Å². The summed E-state index contributed by atoms with van der Waals surface area (Å²) in [6.07, 6.45) is 17.3. The number of carbonyl (C=O) groups is 2. The fourth-order valence-corrected chi connectivity index (χ4v) is 3.38. The predicted molar refractivity (Wildman–Crippen MR) is 113 cm³/mol. The van der Waals surface area contributed by atoms with Crippen LogP contribution < -0.4 is 5.32 Å². The van der Waals surface area contributed by atoms with Gasteiger partial charge in [0.25, 0.3) is 0 Å². The topological polar surface area (TPSA) is 66.4 Å². The molecule has 0 saturated heterocycles. The summed E-state index contributed by atoms with van der Waals surface area (Å²) in [5, 5.41) is 11.7. The fourth-order valence-electron chi connectivity index (χ4n) is 3.27. The van der Waals surface area contributed by atoms with Gasteiger partial charge in [0.05, 0.1) is 6.42 Å². The molecule has 0 fully saturated rings. The van der Waals surface area contributed by atoms with E-state index in [0.717, 1.165) is 12.8 Å². The number of unbranched alkanes of at least 4 members (excludes halogenated alkanes) is 12. The Morgan fingerprint density at radius 1 is 0.846 bits per heavy atom. The van der Waals surface area contributed by atoms with E-state index in [0.29, 0.717) is 18.7 Å². The minimum absolute atomic E-state index is 0.0728. The third-order valence-electron chi connectivity index (χ3n) is 4.86. The van der Waals surface area contributed by atoms with Crippen molar-refractivity contribution in [2.75, 3.05) is 12.3 Å². The van der Waals surface area contributed by atoms with Crippen molar-refractivity contribution < 1.29 is 14.7 Å². The van der Waals surface area contributed by atoms with Gasteiger partial charge in [0.15, 0.2) is 0 Å². The average molecular weight is 388 g/mol. The molecule has 0 spiro atoms. The van der Waals surface area contributed by atoms with Crippen LogP contribution in [0.5, 0.6) is 0 Å². The van der Waals surface area contributed by atoms with Crippen molar-refractivity contribution in [3.05, 3.63) is 0 Å². The molecule has 0 aromatic heterocycles. The predicted octanol–water partition coefficient (Wildman–Crippen LogP) is 5.60. The van der Waals surface area contributed by atoms with Crippen LogP contribution in [-0.2, 0) is 9.59 Å². The summed E-state index contributed by atoms with van der Waals surface area (Å²) in [4.78, 5) is 22.9. The van der Waals surface area contributed by atoms with Crippen LogP contribution in [0.1, 0.15) is 103 Å². The Bertz CT molecular complexity index is 350. The van der Waals surface area contributed by atoms with Gasteiger partial charge in [-0.25, -0.2) is 0 Å². The Kier molecular flexibility index (Phi) is 18.5. The van der Waals surface area contributed by atoms with Gasteiger partial charge >= 0.3 is 5.97 Å². The minimum Gasteiger partial charge on any atom is -0.481 e. The molecule has 1 atom stereocenters. The third kappa shape index (κ3) is 16.7. The number of carboxylic acid groups (broad SMARTS) is 1. The van der Waals surface area contributed by atoms with Gasteiger partial charge in [-0.05, 0) is 6.42 Å². The number of nitrogens with one attached hydrogen (secondary N) is 1. The van der Waals surface area contributed by atoms with Crippen LogP contribution in [0.4, 0.5) is 0 Å². The molecule has 1 amide bonds. The van der Waals surface area contributed by atoms with Gasteiger partial charge in [-0.1, -0.05) is 90.4 Å². The van der Waals surface area contributed by atoms with E-state index >= 15 is 0 Å². The van der Waals surface area contributed by atoms with E-state index in [2.05, 4.69) is 24.9 Å². The van der Waals surface area contributed by atoms with Gasteiger partial charge in [0.1, 0.15) is 0 Å². The van der Waals surface area contributed by atoms with Gasteiger partial charge < -0.3 is 10.4 Å². The second kappa shape index (κ2) is 19.1. The normalized spacial score (nSPS) is 12.1. The molecular formula is C21H41NO3S. The number of aliphatic carboxylic acids is 1. The van der Waals surface area contributed by atoms with Crippen molar-refractivity contribution >= 4 is 24.5 Å². The first-order valence-corrected chi connectivity index (χ1v) is 11.3. The summed E-state index contributed by atoms with van der Waals surface area (Å²) in [5.74, 6) is -0.865. The quantitative estimate of drug-likeness (QED) is 0.199. The van der Waals surface area contributed by atoms with Gasteiger partial charge in [-0.3, -0.25) is 9.59 Å². The zero-order chi connectivity index (χ0) is 19.5. The summed E-state index contributed by atoms with van der Waals surface area (Å²) in [7, 11) is 0. The summed E-state index contributed by atoms with van der Waals surface area (Å²) >= 11 is 4.06. The van der Waals surface area contributed by atoms with Gasteiger partial charge in [-0.2, -0.15) is 12.6 Å². The van der Waals surface area contributed by atoms with Crippen LogP contribution in [0.2, 0.25) is 0 Å². The van der Waals surface area contributed by atoms with E-state index in [1.165, 1.54) is 70.6 Å². The maximum Gasteiger partial charge on any atom is 0.304 e. The smallest absolute Gasteiger partial charge is 0.304 e. The highest BCUT2D eigenvalue weighted by atomic mass is 32.1. The summed E-state index contributed by atoms with van der Waals surface area (Å²) in [6, 6.07) is 0. The molecular weight excluding hydrogens is 346 g/mol. The zero-order valence-corrected chi connectivity index (χ0v) is 17.7. The number of thiol groups is 1. The molecule has 26 heavy (non-hydrogen) atoms. The molecule has 1 unspecified atom stereocenters. The van der Waals surface area contributed by atoms with E-state index in [1.807, 2.05) is 0 Å². The van der Waals surface area contributed by atoms with Crippen molar-refractivity contribution in [2.45, 2.75) is 103 Å². The number of carbonyl (C=O) groups excluding carboxylic acids is 1. The first-order chi connectivity index (χ1) is 12.6. The lowest BCUT2D eigenvalue weighted by Crippen LogP contribution is -2.33. The van der Waals surface area contributed by atoms with E-state index < -0.39 is 11.9 Å². The van der Waals surface area contributed by atoms with E-state index in [4.69, 9.17) is 5.11 Å². The van der Waals surface area contributed by atoms with Crippen LogP contribution in [0.15, 0.2) is 0 Å². The van der Waals surface area contributed by atoms with Crippen molar-refractivity contribution in [3.8, 4) is 0 Å². The highest BCUT2D eigenvalue weighted by molar-refractivity contribution is 7.80. The van der Waals surface area contributed by atoms with Crippen molar-refractivity contribution in [2.24, 2.45) is 5.92 Å². The van der Waals surface area contributed by atoms with Crippen molar-refractivity contribution in [3.63, 3.8) is 0 Å². The molecule has 0 aromatic rings. The molecule has 0 rings (SSSR count). The SMILES string of the molecule is CCCCCCCCCCCCCCCC(CC(=O)O)C(=O)NCCS. The Morgan fingerprint density at radius 2 is 1.31 bits per heavy atom. The number of hydrogen-bond donors (Lipinski definition) is 3. The number of rotatable bonds is 19. The largest absolute Gasteiger partial charge is 0.481 e. The monoisotopic (exact) mass is 387 g/mol. The van der Waals surface area contributed by atoms with E-state index in [-0.39, 0.29) is 12.3 Å². The lowest BCUT2D eigenvalue weighted by atomic mass is 9.96. The summed E-state index contributed by atoms with van der Waals surface area (Å²) in [5.41, 5.74) is 0. The fraction of sp³-hybridized carbons (Fsp3) is 0.905. The van der Waals surface area contributed by atoms with Crippen molar-refractivity contribution in [1.82, 2.24) is 5.32 Å². The van der Waals surface area contributed by atoms with E-state index in [1.54, 1.807) is 0 Å².